The van der Waals surface area contributed by atoms with E-state index in [1.165, 1.54) is 18.4 Å². The average Bonchev–Trinajstić information content (AvgIpc) is 3.03. The number of ether oxygens (including phenoxy) is 1. The molecule has 2 aliphatic rings. The molecule has 1 amide bonds. The van der Waals surface area contributed by atoms with Crippen molar-refractivity contribution in [1.29, 1.82) is 0 Å². The van der Waals surface area contributed by atoms with Crippen molar-refractivity contribution in [2.45, 2.75) is 25.4 Å². The molecule has 2 saturated heterocycles. The third-order valence-electron chi connectivity index (χ3n) is 5.44. The van der Waals surface area contributed by atoms with Crippen LogP contribution < -0.4 is 4.90 Å². The molecule has 0 aliphatic carbocycles. The molecule has 4 rings (SSSR count). The molecule has 2 aliphatic heterocycles. The van der Waals surface area contributed by atoms with Gasteiger partial charge in [-0.05, 0) is 61.6 Å². The Morgan fingerprint density at radius 1 is 1.04 bits per heavy atom. The fourth-order valence-corrected chi connectivity index (χ4v) is 4.29. The van der Waals surface area contributed by atoms with E-state index in [9.17, 15) is 4.79 Å². The van der Waals surface area contributed by atoms with E-state index in [1.807, 2.05) is 12.1 Å². The van der Waals surface area contributed by atoms with Crippen molar-refractivity contribution in [2.75, 3.05) is 31.1 Å². The summed E-state index contributed by atoms with van der Waals surface area (Å²) in [6.07, 6.45) is 3.26. The first-order valence-electron chi connectivity index (χ1n) is 9.67. The third-order valence-corrected chi connectivity index (χ3v) is 5.70. The van der Waals surface area contributed by atoms with Crippen LogP contribution in [0.2, 0.25) is 5.02 Å². The number of anilines is 1. The summed E-state index contributed by atoms with van der Waals surface area (Å²) in [6, 6.07) is 18.0. The Bertz CT molecular complexity index is 766. The lowest BCUT2D eigenvalue weighted by Gasteiger charge is -2.33. The molecule has 27 heavy (non-hydrogen) atoms. The molecule has 0 spiro atoms. The maximum Gasteiger partial charge on any atom is 0.414 e. The van der Waals surface area contributed by atoms with Gasteiger partial charge >= 0.3 is 6.09 Å². The number of carbonyl (C=O) groups excluding carboxylic acids is 1. The predicted molar refractivity (Wildman–Crippen MR) is 108 cm³/mol. The lowest BCUT2D eigenvalue weighted by atomic mass is 9.91. The van der Waals surface area contributed by atoms with Crippen LogP contribution in [0.1, 0.15) is 18.4 Å². The zero-order chi connectivity index (χ0) is 18.6. The summed E-state index contributed by atoms with van der Waals surface area (Å²) in [5.41, 5.74) is 2.25. The Hall–Kier alpha value is -2.04. The fourth-order valence-electron chi connectivity index (χ4n) is 4.17. The molecule has 0 radical (unpaired) electrons. The number of amides is 1. The summed E-state index contributed by atoms with van der Waals surface area (Å²) in [7, 11) is 0. The molecule has 0 saturated carbocycles. The van der Waals surface area contributed by atoms with Gasteiger partial charge in [0, 0.05) is 23.8 Å². The van der Waals surface area contributed by atoms with Gasteiger partial charge in [0.15, 0.2) is 0 Å². The number of rotatable bonds is 5. The zero-order valence-corrected chi connectivity index (χ0v) is 16.1. The second-order valence-electron chi connectivity index (χ2n) is 7.55. The largest absolute Gasteiger partial charge is 0.443 e. The topological polar surface area (TPSA) is 32.8 Å². The Balaban J connectivity index is 1.32. The van der Waals surface area contributed by atoms with E-state index in [0.29, 0.717) is 17.5 Å². The SMILES string of the molecule is O=C1OC(CN2CCCC(Cc3ccccc3)C2)CN1c1ccc(Cl)cc1. The van der Waals surface area contributed by atoms with Crippen LogP contribution in [0.5, 0.6) is 0 Å². The quantitative estimate of drug-likeness (QED) is 0.754. The summed E-state index contributed by atoms with van der Waals surface area (Å²) in [5, 5.41) is 0.667. The molecule has 2 unspecified atom stereocenters. The number of halogens is 1. The van der Waals surface area contributed by atoms with Crippen LogP contribution in [-0.4, -0.2) is 43.3 Å². The van der Waals surface area contributed by atoms with Gasteiger partial charge in [0.05, 0.1) is 6.54 Å². The highest BCUT2D eigenvalue weighted by molar-refractivity contribution is 6.30. The van der Waals surface area contributed by atoms with E-state index >= 15 is 0 Å². The standard InChI is InChI=1S/C22H25ClN2O2/c23-19-8-10-20(11-9-19)25-16-21(27-22(25)26)15-24-12-4-7-18(14-24)13-17-5-2-1-3-6-17/h1-3,5-6,8-11,18,21H,4,7,12-16H2. The Morgan fingerprint density at radius 2 is 1.81 bits per heavy atom. The molecular formula is C22H25ClN2O2. The van der Waals surface area contributed by atoms with Crippen molar-refractivity contribution in [2.24, 2.45) is 5.92 Å². The van der Waals surface area contributed by atoms with Gasteiger partial charge in [0.25, 0.3) is 0 Å². The van der Waals surface area contributed by atoms with Gasteiger partial charge < -0.3 is 4.74 Å². The number of hydrogen-bond donors (Lipinski definition) is 0. The van der Waals surface area contributed by atoms with Crippen LogP contribution >= 0.6 is 11.6 Å². The minimum absolute atomic E-state index is 0.0800. The maximum absolute atomic E-state index is 12.3. The molecule has 0 bridgehead atoms. The van der Waals surface area contributed by atoms with Crippen LogP contribution in [0.4, 0.5) is 10.5 Å². The monoisotopic (exact) mass is 384 g/mol. The number of cyclic esters (lactones) is 1. The number of carbonyl (C=O) groups is 1. The van der Waals surface area contributed by atoms with Crippen molar-refractivity contribution in [1.82, 2.24) is 4.90 Å². The number of benzene rings is 2. The van der Waals surface area contributed by atoms with Gasteiger partial charge in [-0.2, -0.15) is 0 Å². The van der Waals surface area contributed by atoms with Gasteiger partial charge in [0.1, 0.15) is 6.10 Å². The van der Waals surface area contributed by atoms with E-state index in [4.69, 9.17) is 16.3 Å². The van der Waals surface area contributed by atoms with Crippen LogP contribution in [0.15, 0.2) is 54.6 Å². The van der Waals surface area contributed by atoms with Crippen molar-refractivity contribution >= 4 is 23.4 Å². The van der Waals surface area contributed by atoms with Crippen LogP contribution in [0.3, 0.4) is 0 Å². The predicted octanol–water partition coefficient (Wildman–Crippen LogP) is 4.62. The first kappa shape index (κ1) is 18.3. The molecular weight excluding hydrogens is 360 g/mol. The number of likely N-dealkylation sites (tertiary alicyclic amines) is 1. The van der Waals surface area contributed by atoms with Gasteiger partial charge in [-0.25, -0.2) is 4.79 Å². The summed E-state index contributed by atoms with van der Waals surface area (Å²) in [4.78, 5) is 16.4. The number of nitrogens with zero attached hydrogens (tertiary/aromatic N) is 2. The van der Waals surface area contributed by atoms with Crippen molar-refractivity contribution in [3.05, 3.63) is 65.2 Å². The van der Waals surface area contributed by atoms with Crippen LogP contribution in [-0.2, 0) is 11.2 Å². The van der Waals surface area contributed by atoms with E-state index in [1.54, 1.807) is 17.0 Å². The molecule has 0 N–H and O–H groups in total. The van der Waals surface area contributed by atoms with Crippen LogP contribution in [0, 0.1) is 5.92 Å². The highest BCUT2D eigenvalue weighted by Gasteiger charge is 2.34. The molecule has 2 aromatic rings. The second kappa shape index (κ2) is 8.32. The lowest BCUT2D eigenvalue weighted by Crippen LogP contribution is -2.41. The lowest BCUT2D eigenvalue weighted by molar-refractivity contribution is 0.0875. The fraction of sp³-hybridized carbons (Fsp3) is 0.409. The van der Waals surface area contributed by atoms with Crippen LogP contribution in [0.25, 0.3) is 0 Å². The van der Waals surface area contributed by atoms with Gasteiger partial charge in [0.2, 0.25) is 0 Å². The van der Waals surface area contributed by atoms with Gasteiger partial charge in [-0.1, -0.05) is 41.9 Å². The molecule has 4 nitrogen and oxygen atoms in total. The summed E-state index contributed by atoms with van der Waals surface area (Å²) >= 11 is 5.94. The van der Waals surface area contributed by atoms with E-state index in [0.717, 1.165) is 31.7 Å². The first-order valence-corrected chi connectivity index (χ1v) is 10.0. The molecule has 0 aromatic heterocycles. The van der Waals surface area contributed by atoms with Gasteiger partial charge in [-0.3, -0.25) is 9.80 Å². The summed E-state index contributed by atoms with van der Waals surface area (Å²) in [5.74, 6) is 0.672. The maximum atomic E-state index is 12.3. The summed E-state index contributed by atoms with van der Waals surface area (Å²) < 4.78 is 5.63. The smallest absolute Gasteiger partial charge is 0.414 e. The zero-order valence-electron chi connectivity index (χ0n) is 15.4. The average molecular weight is 385 g/mol. The second-order valence-corrected chi connectivity index (χ2v) is 7.99. The minimum atomic E-state index is -0.264. The van der Waals surface area contributed by atoms with Crippen molar-refractivity contribution < 1.29 is 9.53 Å². The van der Waals surface area contributed by atoms with Gasteiger partial charge in [-0.15, -0.1) is 0 Å². The summed E-state index contributed by atoms with van der Waals surface area (Å²) in [6.45, 7) is 3.56. The number of hydrogen-bond acceptors (Lipinski definition) is 3. The van der Waals surface area contributed by atoms with E-state index in [2.05, 4.69) is 35.2 Å². The minimum Gasteiger partial charge on any atom is -0.443 e. The molecule has 2 atom stereocenters. The van der Waals surface area contributed by atoms with E-state index in [-0.39, 0.29) is 12.2 Å². The normalized spacial score (nSPS) is 23.4. The van der Waals surface area contributed by atoms with E-state index < -0.39 is 0 Å². The molecule has 2 heterocycles. The Morgan fingerprint density at radius 3 is 2.59 bits per heavy atom. The highest BCUT2D eigenvalue weighted by atomic mass is 35.5. The van der Waals surface area contributed by atoms with Crippen molar-refractivity contribution in [3.63, 3.8) is 0 Å². The molecule has 2 aromatic carbocycles. The Labute approximate surface area is 165 Å². The van der Waals surface area contributed by atoms with Crippen molar-refractivity contribution in [3.8, 4) is 0 Å². The molecule has 5 heteroatoms. The Kier molecular flexibility index (Phi) is 5.65. The third kappa shape index (κ3) is 4.63. The highest BCUT2D eigenvalue weighted by Crippen LogP contribution is 2.26. The molecule has 142 valence electrons. The number of piperidine rings is 1. The molecule has 2 fully saturated rings. The first-order chi connectivity index (χ1) is 13.2.